The number of nitrogens with one attached hydrogen (secondary N) is 3. The molecule has 0 aliphatic carbocycles. The van der Waals surface area contributed by atoms with Crippen molar-refractivity contribution in [2.45, 2.75) is 0 Å². The lowest BCUT2D eigenvalue weighted by molar-refractivity contribution is -0.123. The van der Waals surface area contributed by atoms with Crippen LogP contribution in [0.3, 0.4) is 0 Å². The molecule has 0 atom stereocenters. The predicted molar refractivity (Wildman–Crippen MR) is 146 cm³/mol. The number of rotatable bonds is 5. The van der Waals surface area contributed by atoms with Crippen LogP contribution in [0, 0.1) is 0 Å². The number of halogens is 1. The predicted octanol–water partition coefficient (Wildman–Crippen LogP) is 5.35. The van der Waals surface area contributed by atoms with Gasteiger partial charge in [-0.1, -0.05) is 57.1 Å². The minimum Gasteiger partial charge on any atom is -0.484 e. The lowest BCUT2D eigenvalue weighted by Crippen LogP contribution is -2.48. The average molecular weight is 534 g/mol. The van der Waals surface area contributed by atoms with E-state index in [2.05, 4.69) is 105 Å². The zero-order valence-corrected chi connectivity index (χ0v) is 21.0. The van der Waals surface area contributed by atoms with Gasteiger partial charge in [0.25, 0.3) is 5.91 Å². The van der Waals surface area contributed by atoms with Crippen LogP contribution in [0.4, 0.5) is 0 Å². The summed E-state index contributed by atoms with van der Waals surface area (Å²) in [7, 11) is 0. The number of hydrogen-bond donors (Lipinski definition) is 3. The number of benzene rings is 2. The zero-order chi connectivity index (χ0) is 25.6. The Bertz CT molecular complexity index is 1230. The molecule has 2 aromatic carbocycles. The monoisotopic (exact) mass is 533 g/mol. The molecule has 7 heteroatoms. The highest BCUT2D eigenvalue weighted by molar-refractivity contribution is 9.10. The van der Waals surface area contributed by atoms with Crippen LogP contribution in [0.2, 0.25) is 0 Å². The Balaban J connectivity index is 0.000000826. The van der Waals surface area contributed by atoms with E-state index in [9.17, 15) is 4.79 Å². The molecule has 0 aromatic heterocycles. The number of ether oxygens (including phenoxy) is 1. The summed E-state index contributed by atoms with van der Waals surface area (Å²) in [5.41, 5.74) is 21.7. The maximum absolute atomic E-state index is 11.7. The summed E-state index contributed by atoms with van der Waals surface area (Å²) in [5.74, 6) is 0.297. The number of hydrogen-bond acceptors (Lipinski definition) is 3. The Hall–Kier alpha value is -4.18. The van der Waals surface area contributed by atoms with E-state index in [1.54, 1.807) is 6.08 Å². The van der Waals surface area contributed by atoms with Crippen molar-refractivity contribution in [2.75, 3.05) is 13.2 Å². The second kappa shape index (κ2) is 19.5. The van der Waals surface area contributed by atoms with E-state index >= 15 is 0 Å². The Kier molecular flexibility index (Phi) is 17.1. The SMILES string of the molecule is C=C=C=C.C=C=C=C=C=C=C.C=CCNC(=S)NNC(=O)COc1ccc2cc(Br)ccc2c1. The topological polar surface area (TPSA) is 62.4 Å². The number of thiocarbonyl (C=S) groups is 1. The second-order valence-electron chi connectivity index (χ2n) is 5.70. The third-order valence-electron chi connectivity index (χ3n) is 3.29. The first kappa shape index (κ1) is 29.8. The van der Waals surface area contributed by atoms with E-state index in [0.717, 1.165) is 15.2 Å². The summed E-state index contributed by atoms with van der Waals surface area (Å²) in [6.07, 6.45) is 1.66. The maximum Gasteiger partial charge on any atom is 0.276 e. The fourth-order valence-corrected chi connectivity index (χ4v) is 2.44. The summed E-state index contributed by atoms with van der Waals surface area (Å²) < 4.78 is 6.49. The first-order chi connectivity index (χ1) is 16.4. The third-order valence-corrected chi connectivity index (χ3v) is 4.03. The lowest BCUT2D eigenvalue weighted by Gasteiger charge is -2.11. The normalized spacial score (nSPS) is 7.79. The molecule has 0 saturated heterocycles. The third kappa shape index (κ3) is 14.8. The molecule has 0 spiro atoms. The van der Waals surface area contributed by atoms with Gasteiger partial charge in [0.1, 0.15) is 5.75 Å². The molecular weight excluding hydrogens is 510 g/mol. The van der Waals surface area contributed by atoms with Crippen molar-refractivity contribution in [1.29, 1.82) is 0 Å². The first-order valence-electron chi connectivity index (χ1n) is 9.50. The van der Waals surface area contributed by atoms with Gasteiger partial charge >= 0.3 is 0 Å². The van der Waals surface area contributed by atoms with E-state index in [4.69, 9.17) is 17.0 Å². The summed E-state index contributed by atoms with van der Waals surface area (Å²) in [6, 6.07) is 11.6. The fraction of sp³-hybridized carbons (Fsp3) is 0.0741. The van der Waals surface area contributed by atoms with Crippen molar-refractivity contribution in [2.24, 2.45) is 0 Å². The van der Waals surface area contributed by atoms with Crippen molar-refractivity contribution in [3.63, 3.8) is 0 Å². The van der Waals surface area contributed by atoms with Crippen LogP contribution < -0.4 is 20.9 Å². The Morgan fingerprint density at radius 1 is 0.941 bits per heavy atom. The number of carbonyl (C=O) groups is 1. The molecule has 0 fully saturated rings. The van der Waals surface area contributed by atoms with Crippen LogP contribution in [0.5, 0.6) is 5.75 Å². The second-order valence-corrected chi connectivity index (χ2v) is 7.02. The van der Waals surface area contributed by atoms with E-state index in [0.29, 0.717) is 17.4 Å². The molecule has 0 radical (unpaired) electrons. The van der Waals surface area contributed by atoms with Gasteiger partial charge in [-0.05, 0) is 90.8 Å². The molecule has 0 bridgehead atoms. The largest absolute Gasteiger partial charge is 0.484 e. The van der Waals surface area contributed by atoms with Crippen LogP contribution in [-0.2, 0) is 4.79 Å². The molecular formula is C27H24BrN3O2S. The van der Waals surface area contributed by atoms with Gasteiger partial charge < -0.3 is 10.1 Å². The Morgan fingerprint density at radius 2 is 1.56 bits per heavy atom. The molecule has 2 aromatic rings. The van der Waals surface area contributed by atoms with E-state index in [1.165, 1.54) is 0 Å². The highest BCUT2D eigenvalue weighted by Crippen LogP contribution is 2.24. The zero-order valence-electron chi connectivity index (χ0n) is 18.6. The van der Waals surface area contributed by atoms with Crippen LogP contribution in [0.25, 0.3) is 10.8 Å². The van der Waals surface area contributed by atoms with Crippen LogP contribution >= 0.6 is 28.1 Å². The molecule has 0 heterocycles. The van der Waals surface area contributed by atoms with Gasteiger partial charge in [0.05, 0.1) is 0 Å². The highest BCUT2D eigenvalue weighted by Gasteiger charge is 2.04. The summed E-state index contributed by atoms with van der Waals surface area (Å²) >= 11 is 8.38. The quantitative estimate of drug-likeness (QED) is 0.209. The van der Waals surface area contributed by atoms with Crippen LogP contribution in [-0.4, -0.2) is 24.2 Å². The summed E-state index contributed by atoms with van der Waals surface area (Å²) in [4.78, 5) is 11.7. The molecule has 0 unspecified atom stereocenters. The minimum atomic E-state index is -0.330. The fourth-order valence-electron chi connectivity index (χ4n) is 1.92. The highest BCUT2D eigenvalue weighted by atomic mass is 79.9. The Labute approximate surface area is 214 Å². The van der Waals surface area contributed by atoms with Crippen LogP contribution in [0.15, 0.2) is 120 Å². The minimum absolute atomic E-state index is 0.112. The smallest absolute Gasteiger partial charge is 0.276 e. The number of hydrazine groups is 1. The van der Waals surface area contributed by atoms with E-state index in [-0.39, 0.29) is 12.5 Å². The molecule has 0 saturated carbocycles. The van der Waals surface area contributed by atoms with Gasteiger partial charge in [0, 0.05) is 11.0 Å². The van der Waals surface area contributed by atoms with Crippen molar-refractivity contribution in [3.05, 3.63) is 120 Å². The van der Waals surface area contributed by atoms with Gasteiger partial charge in [0.2, 0.25) is 0 Å². The first-order valence-corrected chi connectivity index (χ1v) is 10.7. The molecule has 0 aliphatic heterocycles. The lowest BCUT2D eigenvalue weighted by atomic mass is 10.1. The number of carbonyl (C=O) groups excluding carboxylic acids is 1. The van der Waals surface area contributed by atoms with Gasteiger partial charge in [-0.25, -0.2) is 0 Å². The standard InChI is InChI=1S/C16H16BrN3O2S.C7H4.C4H4/c1-2-7-18-16(23)20-19-15(21)10-22-14-6-4-11-8-13(17)5-3-12(11)9-14;1-3-5-7-6-4-2;1-3-4-2/h2-6,8-9H,1,7,10H2,(H,19,21)(H2,18,20,23);1-2H2;1-2H2. The Morgan fingerprint density at radius 3 is 2.15 bits per heavy atom. The molecule has 3 N–H and O–H groups in total. The van der Waals surface area contributed by atoms with Gasteiger partial charge in [-0.3, -0.25) is 15.6 Å². The van der Waals surface area contributed by atoms with Gasteiger partial charge in [0.15, 0.2) is 11.7 Å². The summed E-state index contributed by atoms with van der Waals surface area (Å²) in [5, 5.41) is 5.28. The van der Waals surface area contributed by atoms with Crippen molar-refractivity contribution in [3.8, 4) is 5.75 Å². The molecule has 1 amide bonds. The van der Waals surface area contributed by atoms with Gasteiger partial charge in [-0.2, -0.15) is 0 Å². The number of fused-ring (bicyclic) bond motifs is 1. The average Bonchev–Trinajstić information content (AvgIpc) is 2.85. The molecule has 5 nitrogen and oxygen atoms in total. The van der Waals surface area contributed by atoms with Crippen LogP contribution in [0.1, 0.15) is 0 Å². The summed E-state index contributed by atoms with van der Waals surface area (Å²) in [6.45, 7) is 16.8. The van der Waals surface area contributed by atoms with Crippen molar-refractivity contribution >= 4 is 49.9 Å². The van der Waals surface area contributed by atoms with Gasteiger partial charge in [-0.15, -0.1) is 6.58 Å². The molecule has 172 valence electrons. The maximum atomic E-state index is 11.7. The van der Waals surface area contributed by atoms with Crippen molar-refractivity contribution < 1.29 is 9.53 Å². The van der Waals surface area contributed by atoms with Crippen molar-refractivity contribution in [1.82, 2.24) is 16.2 Å². The number of amides is 1. The van der Waals surface area contributed by atoms with E-state index in [1.807, 2.05) is 36.4 Å². The van der Waals surface area contributed by atoms with E-state index < -0.39 is 0 Å². The molecule has 0 aliphatic rings. The molecule has 34 heavy (non-hydrogen) atoms. The molecule has 2 rings (SSSR count).